The minimum absolute atomic E-state index is 0.135. The van der Waals surface area contributed by atoms with Crippen molar-refractivity contribution in [1.82, 2.24) is 5.32 Å². The fraction of sp³-hybridized carbons (Fsp3) is 0.417. The number of halogens is 2. The van der Waals surface area contributed by atoms with Crippen molar-refractivity contribution in [2.45, 2.75) is 18.9 Å². The Labute approximate surface area is 106 Å². The van der Waals surface area contributed by atoms with Crippen molar-refractivity contribution in [3.8, 4) is 0 Å². The monoisotopic (exact) mass is 259 g/mol. The van der Waals surface area contributed by atoms with Crippen molar-refractivity contribution in [1.29, 1.82) is 0 Å². The van der Waals surface area contributed by atoms with Crippen LogP contribution in [0, 0.1) is 0 Å². The largest absolute Gasteiger partial charge is 0.344 e. The molecule has 1 rings (SSSR count). The number of rotatable bonds is 5. The van der Waals surface area contributed by atoms with Crippen molar-refractivity contribution in [3.63, 3.8) is 0 Å². The fourth-order valence-corrected chi connectivity index (χ4v) is 2.08. The summed E-state index contributed by atoms with van der Waals surface area (Å²) in [6.45, 7) is 1.95. The van der Waals surface area contributed by atoms with Gasteiger partial charge in [0.1, 0.15) is 0 Å². The standard InChI is InChI=1S/C12H15Cl2NO/c1-2-12(8-13,9-14)15-11(16)10-6-4-3-5-7-10/h3-7H,2,8-9H2,1H3,(H,15,16). The van der Waals surface area contributed by atoms with Crippen molar-refractivity contribution >= 4 is 29.1 Å². The number of benzene rings is 1. The molecule has 1 N–H and O–H groups in total. The molecule has 88 valence electrons. The van der Waals surface area contributed by atoms with Crippen LogP contribution in [0.4, 0.5) is 0 Å². The molecule has 0 spiro atoms. The van der Waals surface area contributed by atoms with Gasteiger partial charge in [-0.25, -0.2) is 0 Å². The van der Waals surface area contributed by atoms with Gasteiger partial charge in [0.05, 0.1) is 5.54 Å². The number of carbonyl (C=O) groups excluding carboxylic acids is 1. The van der Waals surface area contributed by atoms with E-state index in [1.165, 1.54) is 0 Å². The minimum Gasteiger partial charge on any atom is -0.344 e. The molecule has 0 radical (unpaired) electrons. The number of nitrogens with one attached hydrogen (secondary N) is 1. The molecule has 0 saturated heterocycles. The van der Waals surface area contributed by atoms with Crippen molar-refractivity contribution in [3.05, 3.63) is 35.9 Å². The number of carbonyl (C=O) groups is 1. The van der Waals surface area contributed by atoms with Gasteiger partial charge in [-0.05, 0) is 18.6 Å². The first-order valence-corrected chi connectivity index (χ1v) is 6.24. The van der Waals surface area contributed by atoms with E-state index in [2.05, 4.69) is 5.32 Å². The Morgan fingerprint density at radius 3 is 2.25 bits per heavy atom. The fourth-order valence-electron chi connectivity index (χ4n) is 1.28. The predicted octanol–water partition coefficient (Wildman–Crippen LogP) is 3.04. The van der Waals surface area contributed by atoms with Crippen LogP contribution in [0.5, 0.6) is 0 Å². The smallest absolute Gasteiger partial charge is 0.251 e. The lowest BCUT2D eigenvalue weighted by atomic mass is 10.0. The molecule has 0 atom stereocenters. The van der Waals surface area contributed by atoms with Crippen LogP contribution >= 0.6 is 23.2 Å². The van der Waals surface area contributed by atoms with Crippen molar-refractivity contribution < 1.29 is 4.79 Å². The zero-order chi connectivity index (χ0) is 12.0. The van der Waals surface area contributed by atoms with E-state index in [0.717, 1.165) is 0 Å². The zero-order valence-corrected chi connectivity index (χ0v) is 10.7. The third kappa shape index (κ3) is 3.13. The van der Waals surface area contributed by atoms with E-state index >= 15 is 0 Å². The molecule has 0 aliphatic rings. The Hall–Kier alpha value is -0.730. The van der Waals surface area contributed by atoms with E-state index in [4.69, 9.17) is 23.2 Å². The van der Waals surface area contributed by atoms with Gasteiger partial charge in [0.15, 0.2) is 0 Å². The number of amides is 1. The van der Waals surface area contributed by atoms with Gasteiger partial charge in [-0.3, -0.25) is 4.79 Å². The molecular weight excluding hydrogens is 245 g/mol. The van der Waals surface area contributed by atoms with E-state index in [1.54, 1.807) is 12.1 Å². The lowest BCUT2D eigenvalue weighted by Crippen LogP contribution is -2.51. The summed E-state index contributed by atoms with van der Waals surface area (Å²) >= 11 is 11.7. The van der Waals surface area contributed by atoms with Gasteiger partial charge in [0.25, 0.3) is 5.91 Å². The molecule has 1 aromatic rings. The van der Waals surface area contributed by atoms with E-state index in [9.17, 15) is 4.79 Å². The summed E-state index contributed by atoms with van der Waals surface area (Å²) < 4.78 is 0. The molecule has 0 fully saturated rings. The van der Waals surface area contributed by atoms with Crippen LogP contribution < -0.4 is 5.32 Å². The Kier molecular flexibility index (Phi) is 5.10. The first kappa shape index (κ1) is 13.3. The Morgan fingerprint density at radius 1 is 1.25 bits per heavy atom. The molecule has 4 heteroatoms. The molecule has 1 aromatic carbocycles. The first-order valence-electron chi connectivity index (χ1n) is 5.17. The van der Waals surface area contributed by atoms with Crippen molar-refractivity contribution in [2.24, 2.45) is 0 Å². The average molecular weight is 260 g/mol. The quantitative estimate of drug-likeness (QED) is 0.810. The topological polar surface area (TPSA) is 29.1 Å². The molecular formula is C12H15Cl2NO. The third-order valence-corrected chi connectivity index (χ3v) is 3.63. The van der Waals surface area contributed by atoms with Crippen LogP contribution in [0.15, 0.2) is 30.3 Å². The molecule has 0 bridgehead atoms. The second kappa shape index (κ2) is 6.12. The van der Waals surface area contributed by atoms with Gasteiger partial charge in [-0.1, -0.05) is 25.1 Å². The molecule has 1 amide bonds. The molecule has 0 unspecified atom stereocenters. The summed E-state index contributed by atoms with van der Waals surface area (Å²) in [6, 6.07) is 9.04. The summed E-state index contributed by atoms with van der Waals surface area (Å²) in [6.07, 6.45) is 0.707. The lowest BCUT2D eigenvalue weighted by molar-refractivity contribution is 0.0913. The van der Waals surface area contributed by atoms with Crippen molar-refractivity contribution in [2.75, 3.05) is 11.8 Å². The van der Waals surface area contributed by atoms with Crippen LogP contribution in [-0.4, -0.2) is 23.2 Å². The van der Waals surface area contributed by atoms with Crippen LogP contribution in [0.2, 0.25) is 0 Å². The predicted molar refractivity (Wildman–Crippen MR) is 68.4 cm³/mol. The van der Waals surface area contributed by atoms with E-state index < -0.39 is 5.54 Å². The third-order valence-electron chi connectivity index (χ3n) is 2.60. The number of hydrogen-bond donors (Lipinski definition) is 1. The molecule has 0 aromatic heterocycles. The van der Waals surface area contributed by atoms with Gasteiger partial charge in [0.2, 0.25) is 0 Å². The maximum absolute atomic E-state index is 11.9. The highest BCUT2D eigenvalue weighted by atomic mass is 35.5. The number of alkyl halides is 2. The van der Waals surface area contributed by atoms with E-state index in [1.807, 2.05) is 25.1 Å². The Balaban J connectivity index is 2.77. The summed E-state index contributed by atoms with van der Waals surface area (Å²) in [5.41, 5.74) is 0.103. The minimum atomic E-state index is -0.518. The average Bonchev–Trinajstić information content (AvgIpc) is 2.37. The SMILES string of the molecule is CCC(CCl)(CCl)NC(=O)c1ccccc1. The molecule has 2 nitrogen and oxygen atoms in total. The highest BCUT2D eigenvalue weighted by Gasteiger charge is 2.28. The van der Waals surface area contributed by atoms with E-state index in [0.29, 0.717) is 23.7 Å². The molecule has 0 heterocycles. The Bertz CT molecular complexity index is 328. The van der Waals surface area contributed by atoms with Gasteiger partial charge in [0, 0.05) is 17.3 Å². The first-order chi connectivity index (χ1) is 7.67. The lowest BCUT2D eigenvalue weighted by Gasteiger charge is -2.29. The second-order valence-corrected chi connectivity index (χ2v) is 4.26. The summed E-state index contributed by atoms with van der Waals surface area (Å²) in [4.78, 5) is 11.9. The van der Waals surface area contributed by atoms with Crippen LogP contribution in [0.1, 0.15) is 23.7 Å². The van der Waals surface area contributed by atoms with Gasteiger partial charge < -0.3 is 5.32 Å². The Morgan fingerprint density at radius 2 is 1.81 bits per heavy atom. The maximum atomic E-state index is 11.9. The maximum Gasteiger partial charge on any atom is 0.251 e. The van der Waals surface area contributed by atoms with Gasteiger partial charge in [-0.15, -0.1) is 23.2 Å². The van der Waals surface area contributed by atoms with Crippen LogP contribution in [0.25, 0.3) is 0 Å². The zero-order valence-electron chi connectivity index (χ0n) is 9.17. The highest BCUT2D eigenvalue weighted by molar-refractivity contribution is 6.22. The molecule has 0 saturated carbocycles. The normalized spacial score (nSPS) is 11.2. The van der Waals surface area contributed by atoms with Gasteiger partial charge >= 0.3 is 0 Å². The van der Waals surface area contributed by atoms with Crippen LogP contribution in [0.3, 0.4) is 0 Å². The second-order valence-electron chi connectivity index (χ2n) is 3.72. The summed E-state index contributed by atoms with van der Waals surface area (Å²) in [7, 11) is 0. The molecule has 0 aliphatic carbocycles. The number of hydrogen-bond acceptors (Lipinski definition) is 1. The summed E-state index contributed by atoms with van der Waals surface area (Å²) in [5, 5.41) is 2.89. The van der Waals surface area contributed by atoms with E-state index in [-0.39, 0.29) is 5.91 Å². The molecule has 0 aliphatic heterocycles. The highest BCUT2D eigenvalue weighted by Crippen LogP contribution is 2.15. The van der Waals surface area contributed by atoms with Gasteiger partial charge in [-0.2, -0.15) is 0 Å². The summed E-state index contributed by atoms with van der Waals surface area (Å²) in [5.74, 6) is 0.487. The molecule has 16 heavy (non-hydrogen) atoms. The van der Waals surface area contributed by atoms with Crippen LogP contribution in [-0.2, 0) is 0 Å².